The Bertz CT molecular complexity index is 1070. The fourth-order valence-corrected chi connectivity index (χ4v) is 3.96. The average molecular weight is 447 g/mol. The third-order valence-corrected chi connectivity index (χ3v) is 5.61. The lowest BCUT2D eigenvalue weighted by Crippen LogP contribution is -2.27. The summed E-state index contributed by atoms with van der Waals surface area (Å²) in [4.78, 5) is 24.3. The molecule has 0 radical (unpaired) electrons. The normalized spacial score (nSPS) is 12.3. The number of alkyl halides is 3. The van der Waals surface area contributed by atoms with E-state index in [0.717, 1.165) is 17.7 Å². The van der Waals surface area contributed by atoms with E-state index >= 15 is 0 Å². The van der Waals surface area contributed by atoms with E-state index in [0.29, 0.717) is 22.3 Å². The van der Waals surface area contributed by atoms with Crippen molar-refractivity contribution >= 4 is 23.2 Å². The van der Waals surface area contributed by atoms with Gasteiger partial charge in [-0.1, -0.05) is 30.3 Å². The van der Waals surface area contributed by atoms with Gasteiger partial charge in [-0.15, -0.1) is 0 Å². The molecule has 0 unspecified atom stereocenters. The second kappa shape index (κ2) is 9.34. The van der Waals surface area contributed by atoms with Gasteiger partial charge >= 0.3 is 12.1 Å². The molecule has 0 aliphatic heterocycles. The third-order valence-electron chi connectivity index (χ3n) is 4.82. The standard InChI is InChI=1S/C23H20F3NO3S/c1-14(16-6-8-17(9-7-16)22(29)30-2)27-21(28)20-13-31-12-18(20)10-15-4-3-5-19(11-15)23(24,25)26/h3-9,11-14H,10H2,1-2H3,(H,27,28)/t14-/m0/s1. The SMILES string of the molecule is COC(=O)c1ccc([C@H](C)NC(=O)c2cscc2Cc2cccc(C(F)(F)F)c2)cc1. The molecule has 0 saturated carbocycles. The third kappa shape index (κ3) is 5.52. The van der Waals surface area contributed by atoms with Gasteiger partial charge in [0.2, 0.25) is 0 Å². The Morgan fingerprint density at radius 3 is 2.45 bits per heavy atom. The maximum absolute atomic E-state index is 13.0. The maximum Gasteiger partial charge on any atom is 0.416 e. The van der Waals surface area contributed by atoms with Crippen LogP contribution in [0.1, 0.15) is 55.9 Å². The Kier molecular flexibility index (Phi) is 6.80. The van der Waals surface area contributed by atoms with Crippen LogP contribution in [0, 0.1) is 0 Å². The van der Waals surface area contributed by atoms with Gasteiger partial charge < -0.3 is 10.1 Å². The van der Waals surface area contributed by atoms with E-state index in [1.807, 2.05) is 6.92 Å². The minimum atomic E-state index is -4.41. The van der Waals surface area contributed by atoms with Gasteiger partial charge in [0.15, 0.2) is 0 Å². The minimum Gasteiger partial charge on any atom is -0.465 e. The highest BCUT2D eigenvalue weighted by Gasteiger charge is 2.30. The molecule has 0 spiro atoms. The van der Waals surface area contributed by atoms with E-state index in [9.17, 15) is 22.8 Å². The van der Waals surface area contributed by atoms with Crippen LogP contribution in [0.4, 0.5) is 13.2 Å². The zero-order chi connectivity index (χ0) is 22.6. The number of amides is 1. The highest BCUT2D eigenvalue weighted by molar-refractivity contribution is 7.08. The van der Waals surface area contributed by atoms with Crippen molar-refractivity contribution in [3.05, 3.63) is 92.7 Å². The van der Waals surface area contributed by atoms with Gasteiger partial charge in [-0.25, -0.2) is 4.79 Å². The number of hydrogen-bond donors (Lipinski definition) is 1. The lowest BCUT2D eigenvalue weighted by molar-refractivity contribution is -0.137. The van der Waals surface area contributed by atoms with Crippen molar-refractivity contribution in [2.75, 3.05) is 7.11 Å². The molecule has 0 saturated heterocycles. The molecule has 0 aliphatic carbocycles. The molecule has 8 heteroatoms. The van der Waals surface area contributed by atoms with Crippen LogP contribution < -0.4 is 5.32 Å². The van der Waals surface area contributed by atoms with Gasteiger partial charge in [-0.3, -0.25) is 4.79 Å². The first-order chi connectivity index (χ1) is 14.7. The molecule has 1 N–H and O–H groups in total. The molecule has 1 atom stereocenters. The monoisotopic (exact) mass is 447 g/mol. The molecule has 1 amide bonds. The van der Waals surface area contributed by atoms with Gasteiger partial charge in [0, 0.05) is 5.38 Å². The van der Waals surface area contributed by atoms with Crippen molar-refractivity contribution in [2.45, 2.75) is 25.6 Å². The van der Waals surface area contributed by atoms with Crippen LogP contribution in [0.2, 0.25) is 0 Å². The Labute approximate surface area is 181 Å². The fraction of sp³-hybridized carbons (Fsp3) is 0.217. The number of methoxy groups -OCH3 is 1. The molecular formula is C23H20F3NO3S. The number of esters is 1. The molecule has 31 heavy (non-hydrogen) atoms. The predicted octanol–water partition coefficient (Wildman–Crippen LogP) is 5.64. The van der Waals surface area contributed by atoms with Gasteiger partial charge in [-0.2, -0.15) is 24.5 Å². The maximum atomic E-state index is 13.0. The quantitative estimate of drug-likeness (QED) is 0.498. The van der Waals surface area contributed by atoms with E-state index in [2.05, 4.69) is 10.1 Å². The van der Waals surface area contributed by atoms with Crippen molar-refractivity contribution in [3.63, 3.8) is 0 Å². The van der Waals surface area contributed by atoms with Crippen LogP contribution in [-0.2, 0) is 17.3 Å². The molecule has 0 bridgehead atoms. The first-order valence-corrected chi connectivity index (χ1v) is 10.3. The average Bonchev–Trinajstić information content (AvgIpc) is 3.21. The molecule has 3 rings (SSSR count). The number of thiophene rings is 1. The van der Waals surface area contributed by atoms with Gasteiger partial charge in [0.1, 0.15) is 0 Å². The molecule has 2 aromatic carbocycles. The van der Waals surface area contributed by atoms with Crippen molar-refractivity contribution in [1.82, 2.24) is 5.32 Å². The highest BCUT2D eigenvalue weighted by atomic mass is 32.1. The second-order valence-electron chi connectivity index (χ2n) is 6.99. The number of halogens is 3. The van der Waals surface area contributed by atoms with Crippen LogP contribution in [-0.4, -0.2) is 19.0 Å². The molecule has 1 heterocycles. The highest BCUT2D eigenvalue weighted by Crippen LogP contribution is 2.30. The Morgan fingerprint density at radius 2 is 1.81 bits per heavy atom. The van der Waals surface area contributed by atoms with Crippen LogP contribution in [0.15, 0.2) is 59.3 Å². The lowest BCUT2D eigenvalue weighted by atomic mass is 10.0. The smallest absolute Gasteiger partial charge is 0.416 e. The fourth-order valence-electron chi connectivity index (χ4n) is 3.12. The van der Waals surface area contributed by atoms with Gasteiger partial charge in [0.05, 0.1) is 29.8 Å². The first kappa shape index (κ1) is 22.6. The van der Waals surface area contributed by atoms with Gasteiger partial charge in [-0.05, 0) is 53.6 Å². The molecular weight excluding hydrogens is 427 g/mol. The van der Waals surface area contributed by atoms with Crippen LogP contribution >= 0.6 is 11.3 Å². The Balaban J connectivity index is 1.71. The number of nitrogens with one attached hydrogen (secondary N) is 1. The summed E-state index contributed by atoms with van der Waals surface area (Å²) in [5.74, 6) is -0.756. The van der Waals surface area contributed by atoms with E-state index in [1.165, 1.54) is 24.5 Å². The Morgan fingerprint density at radius 1 is 1.10 bits per heavy atom. The number of benzene rings is 2. The van der Waals surface area contributed by atoms with Crippen LogP contribution in [0.3, 0.4) is 0 Å². The summed E-state index contributed by atoms with van der Waals surface area (Å²) in [6, 6.07) is 11.5. The topological polar surface area (TPSA) is 55.4 Å². The molecule has 3 aromatic rings. The largest absolute Gasteiger partial charge is 0.465 e. The van der Waals surface area contributed by atoms with Crippen LogP contribution in [0.25, 0.3) is 0 Å². The lowest BCUT2D eigenvalue weighted by Gasteiger charge is -2.15. The minimum absolute atomic E-state index is 0.221. The molecule has 0 aliphatic rings. The van der Waals surface area contributed by atoms with Crippen LogP contribution in [0.5, 0.6) is 0 Å². The zero-order valence-corrected chi connectivity index (χ0v) is 17.6. The number of ether oxygens (including phenoxy) is 1. The van der Waals surface area contributed by atoms with Gasteiger partial charge in [0.25, 0.3) is 5.91 Å². The molecule has 0 fully saturated rings. The summed E-state index contributed by atoms with van der Waals surface area (Å²) in [6.07, 6.45) is -4.19. The summed E-state index contributed by atoms with van der Waals surface area (Å²) in [5.41, 5.74) is 2.07. The molecule has 4 nitrogen and oxygen atoms in total. The predicted molar refractivity (Wildman–Crippen MR) is 112 cm³/mol. The van der Waals surface area contributed by atoms with E-state index in [-0.39, 0.29) is 18.4 Å². The number of hydrogen-bond acceptors (Lipinski definition) is 4. The number of rotatable bonds is 6. The molecule has 1 aromatic heterocycles. The number of carbonyl (C=O) groups excluding carboxylic acids is 2. The van der Waals surface area contributed by atoms with Crippen molar-refractivity contribution in [2.24, 2.45) is 0 Å². The summed E-state index contributed by atoms with van der Waals surface area (Å²) in [6.45, 7) is 1.81. The van der Waals surface area contributed by atoms with Crippen molar-refractivity contribution in [3.8, 4) is 0 Å². The summed E-state index contributed by atoms with van der Waals surface area (Å²) >= 11 is 1.32. The summed E-state index contributed by atoms with van der Waals surface area (Å²) in [7, 11) is 1.30. The summed E-state index contributed by atoms with van der Waals surface area (Å²) < 4.78 is 43.5. The van der Waals surface area contributed by atoms with Crippen molar-refractivity contribution < 1.29 is 27.5 Å². The second-order valence-corrected chi connectivity index (χ2v) is 7.74. The Hall–Kier alpha value is -3.13. The first-order valence-electron chi connectivity index (χ1n) is 9.39. The van der Waals surface area contributed by atoms with Crippen molar-refractivity contribution in [1.29, 1.82) is 0 Å². The van der Waals surface area contributed by atoms with E-state index in [4.69, 9.17) is 0 Å². The van der Waals surface area contributed by atoms with E-state index < -0.39 is 17.7 Å². The summed E-state index contributed by atoms with van der Waals surface area (Å²) in [5, 5.41) is 6.35. The number of carbonyl (C=O) groups is 2. The van der Waals surface area contributed by atoms with E-state index in [1.54, 1.807) is 41.1 Å². The zero-order valence-electron chi connectivity index (χ0n) is 16.8. The molecule has 162 valence electrons.